The monoisotopic (exact) mass is 341 g/mol. The average molecular weight is 342 g/mol. The molecule has 1 unspecified atom stereocenters. The van der Waals surface area contributed by atoms with Gasteiger partial charge in [-0.2, -0.15) is 0 Å². The molecule has 1 aliphatic heterocycles. The van der Waals surface area contributed by atoms with E-state index in [0.29, 0.717) is 6.04 Å². The fourth-order valence-corrected chi connectivity index (χ4v) is 3.04. The number of thiazole rings is 1. The zero-order valence-corrected chi connectivity index (χ0v) is 14.7. The summed E-state index contributed by atoms with van der Waals surface area (Å²) in [6, 6.07) is 0.591. The van der Waals surface area contributed by atoms with E-state index in [0.717, 1.165) is 37.8 Å². The summed E-state index contributed by atoms with van der Waals surface area (Å²) in [6.45, 7) is 11.3. The number of rotatable bonds is 5. The first-order valence-corrected chi connectivity index (χ1v) is 7.59. The first-order valence-electron chi connectivity index (χ1n) is 6.71. The van der Waals surface area contributed by atoms with Crippen LogP contribution in [0.3, 0.4) is 0 Å². The number of hydrogen-bond donors (Lipinski definition) is 1. The van der Waals surface area contributed by atoms with Crippen molar-refractivity contribution in [2.24, 2.45) is 0 Å². The number of hydrogen-bond acceptors (Lipinski definition) is 5. The highest BCUT2D eigenvalue weighted by atomic mass is 35.5. The van der Waals surface area contributed by atoms with E-state index in [1.165, 1.54) is 5.69 Å². The smallest absolute Gasteiger partial charge is 0.122 e. The molecule has 0 spiro atoms. The van der Waals surface area contributed by atoms with E-state index >= 15 is 0 Å². The van der Waals surface area contributed by atoms with Gasteiger partial charge in [-0.1, -0.05) is 0 Å². The van der Waals surface area contributed by atoms with Gasteiger partial charge in [0.25, 0.3) is 0 Å². The molecule has 2 atom stereocenters. The summed E-state index contributed by atoms with van der Waals surface area (Å²) in [6.07, 6.45) is 0.120. The van der Waals surface area contributed by atoms with Crippen LogP contribution in [-0.2, 0) is 11.3 Å². The summed E-state index contributed by atoms with van der Waals surface area (Å²) in [7, 11) is 0. The first kappa shape index (κ1) is 20.1. The van der Waals surface area contributed by atoms with Crippen molar-refractivity contribution in [2.45, 2.75) is 39.5 Å². The van der Waals surface area contributed by atoms with E-state index in [2.05, 4.69) is 34.4 Å². The standard InChI is InChI=1S/C13H23N3OS.2ClH/c1-4-17-11(3)13-15-12(9-18-13)8-16-6-5-14-7-10(16)2;;/h9-11,14H,4-8H2,1-3H3;2*1H/t10-,11?;;/m1../s1. The summed E-state index contributed by atoms with van der Waals surface area (Å²) in [5.41, 5.74) is 1.18. The Morgan fingerprint density at radius 1 is 1.55 bits per heavy atom. The summed E-state index contributed by atoms with van der Waals surface area (Å²) < 4.78 is 5.58. The number of nitrogens with one attached hydrogen (secondary N) is 1. The highest BCUT2D eigenvalue weighted by Crippen LogP contribution is 2.22. The van der Waals surface area contributed by atoms with Crippen molar-refractivity contribution in [3.8, 4) is 0 Å². The van der Waals surface area contributed by atoms with Crippen LogP contribution in [0, 0.1) is 0 Å². The van der Waals surface area contributed by atoms with Gasteiger partial charge in [0.15, 0.2) is 0 Å². The van der Waals surface area contributed by atoms with E-state index in [1.807, 2.05) is 6.92 Å². The van der Waals surface area contributed by atoms with Crippen molar-refractivity contribution in [1.82, 2.24) is 15.2 Å². The molecule has 0 aromatic carbocycles. The normalized spacial score (nSPS) is 20.9. The number of ether oxygens (including phenoxy) is 1. The van der Waals surface area contributed by atoms with Crippen molar-refractivity contribution in [1.29, 1.82) is 0 Å². The maximum atomic E-state index is 5.58. The highest BCUT2D eigenvalue weighted by molar-refractivity contribution is 7.09. The Morgan fingerprint density at radius 2 is 2.30 bits per heavy atom. The van der Waals surface area contributed by atoms with E-state index in [4.69, 9.17) is 4.74 Å². The Hall–Kier alpha value is 0.0900. The van der Waals surface area contributed by atoms with Crippen molar-refractivity contribution in [3.63, 3.8) is 0 Å². The van der Waals surface area contributed by atoms with Crippen LogP contribution in [0.25, 0.3) is 0 Å². The van der Waals surface area contributed by atoms with Crippen molar-refractivity contribution < 1.29 is 4.74 Å². The molecule has 4 nitrogen and oxygen atoms in total. The predicted octanol–water partition coefficient (Wildman–Crippen LogP) is 2.88. The third kappa shape index (κ3) is 5.47. The number of halogens is 2. The summed E-state index contributed by atoms with van der Waals surface area (Å²) in [4.78, 5) is 7.18. The molecule has 0 radical (unpaired) electrons. The minimum absolute atomic E-state index is 0. The molecule has 20 heavy (non-hydrogen) atoms. The van der Waals surface area contributed by atoms with Crippen LogP contribution in [0.4, 0.5) is 0 Å². The molecular formula is C13H25Cl2N3OS. The van der Waals surface area contributed by atoms with Gasteiger partial charge in [0, 0.05) is 44.2 Å². The van der Waals surface area contributed by atoms with Crippen LogP contribution in [0.1, 0.15) is 37.6 Å². The number of piperazine rings is 1. The molecule has 1 N–H and O–H groups in total. The molecule has 2 heterocycles. The molecular weight excluding hydrogens is 317 g/mol. The third-order valence-electron chi connectivity index (χ3n) is 3.34. The molecule has 0 saturated carbocycles. The van der Waals surface area contributed by atoms with Gasteiger partial charge in [-0.15, -0.1) is 36.2 Å². The SMILES string of the molecule is CCOC(C)c1nc(CN2CCNC[C@H]2C)cs1.Cl.Cl. The van der Waals surface area contributed by atoms with Gasteiger partial charge < -0.3 is 10.1 Å². The zero-order valence-electron chi connectivity index (χ0n) is 12.3. The molecule has 0 aliphatic carbocycles. The molecule has 1 aromatic heterocycles. The third-order valence-corrected chi connectivity index (χ3v) is 4.39. The predicted molar refractivity (Wildman–Crippen MR) is 89.4 cm³/mol. The Labute approximate surface area is 138 Å². The second kappa shape index (κ2) is 9.92. The summed E-state index contributed by atoms with van der Waals surface area (Å²) >= 11 is 1.71. The van der Waals surface area contributed by atoms with Gasteiger partial charge in [-0.05, 0) is 20.8 Å². The Bertz CT molecular complexity index is 378. The Kier molecular flexibility index (Phi) is 9.97. The van der Waals surface area contributed by atoms with Gasteiger partial charge in [0.1, 0.15) is 11.1 Å². The van der Waals surface area contributed by atoms with Crippen LogP contribution in [0.2, 0.25) is 0 Å². The fourth-order valence-electron chi connectivity index (χ4n) is 2.23. The quantitative estimate of drug-likeness (QED) is 0.893. The molecule has 0 amide bonds. The number of nitrogens with zero attached hydrogens (tertiary/aromatic N) is 2. The fraction of sp³-hybridized carbons (Fsp3) is 0.769. The summed E-state index contributed by atoms with van der Waals surface area (Å²) in [5, 5.41) is 6.67. The molecule has 1 aromatic rings. The Morgan fingerprint density at radius 3 is 2.95 bits per heavy atom. The van der Waals surface area contributed by atoms with Gasteiger partial charge in [-0.25, -0.2) is 4.98 Å². The van der Waals surface area contributed by atoms with E-state index < -0.39 is 0 Å². The Balaban J connectivity index is 0.00000180. The molecule has 7 heteroatoms. The average Bonchev–Trinajstić information content (AvgIpc) is 2.81. The van der Waals surface area contributed by atoms with Gasteiger partial charge in [0.2, 0.25) is 0 Å². The maximum Gasteiger partial charge on any atom is 0.122 e. The maximum absolute atomic E-state index is 5.58. The second-order valence-corrected chi connectivity index (χ2v) is 5.69. The zero-order chi connectivity index (χ0) is 13.0. The van der Waals surface area contributed by atoms with E-state index in [1.54, 1.807) is 11.3 Å². The minimum atomic E-state index is 0. The van der Waals surface area contributed by atoms with Crippen LogP contribution in [0.15, 0.2) is 5.38 Å². The minimum Gasteiger partial charge on any atom is -0.372 e. The van der Waals surface area contributed by atoms with Crippen molar-refractivity contribution in [3.05, 3.63) is 16.1 Å². The lowest BCUT2D eigenvalue weighted by Crippen LogP contribution is -2.49. The molecule has 1 aliphatic rings. The lowest BCUT2D eigenvalue weighted by atomic mass is 10.2. The largest absolute Gasteiger partial charge is 0.372 e. The highest BCUT2D eigenvalue weighted by Gasteiger charge is 2.19. The van der Waals surface area contributed by atoms with Crippen molar-refractivity contribution >= 4 is 36.2 Å². The molecule has 1 fully saturated rings. The second-order valence-electron chi connectivity index (χ2n) is 4.80. The molecule has 118 valence electrons. The first-order chi connectivity index (χ1) is 8.70. The van der Waals surface area contributed by atoms with E-state index in [-0.39, 0.29) is 30.9 Å². The number of aromatic nitrogens is 1. The van der Waals surface area contributed by atoms with Gasteiger partial charge in [0.05, 0.1) is 5.69 Å². The van der Waals surface area contributed by atoms with Gasteiger partial charge in [-0.3, -0.25) is 4.90 Å². The van der Waals surface area contributed by atoms with Crippen molar-refractivity contribution in [2.75, 3.05) is 26.2 Å². The molecule has 0 bridgehead atoms. The van der Waals surface area contributed by atoms with Crippen LogP contribution >= 0.6 is 36.2 Å². The van der Waals surface area contributed by atoms with Crippen LogP contribution in [0.5, 0.6) is 0 Å². The molecule has 1 saturated heterocycles. The van der Waals surface area contributed by atoms with Gasteiger partial charge >= 0.3 is 0 Å². The topological polar surface area (TPSA) is 37.4 Å². The van der Waals surface area contributed by atoms with Crippen LogP contribution in [-0.4, -0.2) is 42.2 Å². The van der Waals surface area contributed by atoms with E-state index in [9.17, 15) is 0 Å². The van der Waals surface area contributed by atoms with Crippen LogP contribution < -0.4 is 5.32 Å². The summed E-state index contributed by atoms with van der Waals surface area (Å²) in [5.74, 6) is 0. The lowest BCUT2D eigenvalue weighted by molar-refractivity contribution is 0.0759. The molecule has 2 rings (SSSR count). The lowest BCUT2D eigenvalue weighted by Gasteiger charge is -2.33.